The number of hydrogen-bond acceptors (Lipinski definition) is 5. The maximum Gasteiger partial charge on any atom is 0.410 e. The van der Waals surface area contributed by atoms with E-state index in [2.05, 4.69) is 10.4 Å². The molecule has 1 aliphatic carbocycles. The Morgan fingerprint density at radius 2 is 1.97 bits per heavy atom. The van der Waals surface area contributed by atoms with Gasteiger partial charge in [0, 0.05) is 49.2 Å². The van der Waals surface area contributed by atoms with Crippen molar-refractivity contribution in [1.29, 1.82) is 0 Å². The Morgan fingerprint density at radius 1 is 1.22 bits per heavy atom. The van der Waals surface area contributed by atoms with E-state index in [1.807, 2.05) is 50.7 Å². The fourth-order valence-electron chi connectivity index (χ4n) is 4.07. The van der Waals surface area contributed by atoms with Gasteiger partial charge in [-0.3, -0.25) is 9.48 Å². The number of amides is 2. The van der Waals surface area contributed by atoms with Crippen molar-refractivity contribution >= 4 is 22.9 Å². The van der Waals surface area contributed by atoms with Crippen LogP contribution in [0.2, 0.25) is 0 Å². The van der Waals surface area contributed by atoms with Crippen LogP contribution in [0.1, 0.15) is 56.0 Å². The van der Waals surface area contributed by atoms with Crippen molar-refractivity contribution < 1.29 is 19.1 Å². The van der Waals surface area contributed by atoms with E-state index in [9.17, 15) is 9.59 Å². The number of rotatable bonds is 7. The summed E-state index contributed by atoms with van der Waals surface area (Å²) in [6.07, 6.45) is 5.62. The molecule has 0 spiro atoms. The van der Waals surface area contributed by atoms with Crippen LogP contribution in [0.3, 0.4) is 0 Å². The average molecular weight is 443 g/mol. The molecule has 174 valence electrons. The molecule has 4 rings (SSSR count). The fourth-order valence-corrected chi connectivity index (χ4v) is 4.07. The second kappa shape index (κ2) is 9.10. The third-order valence-electron chi connectivity index (χ3n) is 6.10. The fraction of sp³-hybridized carbons (Fsp3) is 0.625. The molecule has 1 aromatic carbocycles. The molecule has 8 heteroatoms. The van der Waals surface area contributed by atoms with Crippen molar-refractivity contribution in [2.24, 2.45) is 5.92 Å². The Labute approximate surface area is 189 Å². The topological polar surface area (TPSA) is 85.7 Å². The van der Waals surface area contributed by atoms with Gasteiger partial charge < -0.3 is 19.7 Å². The van der Waals surface area contributed by atoms with Crippen LogP contribution in [0, 0.1) is 12.8 Å². The number of benzene rings is 1. The van der Waals surface area contributed by atoms with Gasteiger partial charge in [0.2, 0.25) is 0 Å². The van der Waals surface area contributed by atoms with Gasteiger partial charge in [0.15, 0.2) is 0 Å². The van der Waals surface area contributed by atoms with E-state index in [0.717, 1.165) is 35.9 Å². The summed E-state index contributed by atoms with van der Waals surface area (Å²) in [5, 5.41) is 8.60. The quantitative estimate of drug-likeness (QED) is 0.663. The number of likely N-dealkylation sites (tertiary alicyclic amines) is 1. The zero-order chi connectivity index (χ0) is 22.9. The molecule has 2 aliphatic rings. The number of hydrogen-bond donors (Lipinski definition) is 1. The number of carbonyl (C=O) groups is 2. The molecule has 2 heterocycles. The second-order valence-corrected chi connectivity index (χ2v) is 9.95. The number of aryl methyl sites for hydroxylation is 1. The van der Waals surface area contributed by atoms with Crippen molar-refractivity contribution in [3.63, 3.8) is 0 Å². The molecule has 1 saturated carbocycles. The summed E-state index contributed by atoms with van der Waals surface area (Å²) in [4.78, 5) is 26.5. The SMILES string of the molecule is Cc1c(C(=O)NCCOC2CCC2)ccc2nn(CC3CN(C(=O)OC(C)(C)C)C3)cc12. The summed E-state index contributed by atoms with van der Waals surface area (Å²) in [5.41, 5.74) is 1.98. The van der Waals surface area contributed by atoms with Gasteiger partial charge in [0.05, 0.1) is 18.2 Å². The molecule has 0 bridgehead atoms. The number of carbonyl (C=O) groups excluding carboxylic acids is 2. The highest BCUT2D eigenvalue weighted by Crippen LogP contribution is 2.25. The molecule has 0 atom stereocenters. The van der Waals surface area contributed by atoms with Crippen molar-refractivity contribution in [2.75, 3.05) is 26.2 Å². The van der Waals surface area contributed by atoms with Gasteiger partial charge in [-0.05, 0) is 64.7 Å². The second-order valence-electron chi connectivity index (χ2n) is 9.95. The molecule has 0 radical (unpaired) electrons. The van der Waals surface area contributed by atoms with Crippen LogP contribution in [0.25, 0.3) is 10.9 Å². The molecule has 1 aliphatic heterocycles. The van der Waals surface area contributed by atoms with Crippen LogP contribution in [-0.2, 0) is 16.0 Å². The van der Waals surface area contributed by atoms with Crippen LogP contribution < -0.4 is 5.32 Å². The Balaban J connectivity index is 1.31. The van der Waals surface area contributed by atoms with Crippen molar-refractivity contribution in [1.82, 2.24) is 20.0 Å². The first kappa shape index (κ1) is 22.6. The summed E-state index contributed by atoms with van der Waals surface area (Å²) in [6.45, 7) is 10.7. The zero-order valence-electron chi connectivity index (χ0n) is 19.5. The number of ether oxygens (including phenoxy) is 2. The first-order valence-electron chi connectivity index (χ1n) is 11.5. The Morgan fingerprint density at radius 3 is 2.62 bits per heavy atom. The van der Waals surface area contributed by atoms with Crippen molar-refractivity contribution in [3.8, 4) is 0 Å². The molecule has 1 aromatic heterocycles. The summed E-state index contributed by atoms with van der Waals surface area (Å²) in [7, 11) is 0. The molecule has 1 N–H and O–H groups in total. The lowest BCUT2D eigenvalue weighted by Gasteiger charge is -2.39. The monoisotopic (exact) mass is 442 g/mol. The van der Waals surface area contributed by atoms with Gasteiger partial charge >= 0.3 is 6.09 Å². The first-order chi connectivity index (χ1) is 15.2. The van der Waals surface area contributed by atoms with Gasteiger partial charge in [-0.1, -0.05) is 0 Å². The number of nitrogens with one attached hydrogen (secondary N) is 1. The molecule has 2 fully saturated rings. The highest BCUT2D eigenvalue weighted by atomic mass is 16.6. The normalized spacial score (nSPS) is 17.2. The Bertz CT molecular complexity index is 984. The largest absolute Gasteiger partial charge is 0.444 e. The smallest absolute Gasteiger partial charge is 0.410 e. The highest BCUT2D eigenvalue weighted by Gasteiger charge is 2.34. The number of nitrogens with zero attached hydrogens (tertiary/aromatic N) is 3. The molecule has 0 unspecified atom stereocenters. The Hall–Kier alpha value is -2.61. The van der Waals surface area contributed by atoms with E-state index in [4.69, 9.17) is 9.47 Å². The predicted molar refractivity (Wildman–Crippen MR) is 122 cm³/mol. The lowest BCUT2D eigenvalue weighted by molar-refractivity contribution is -0.00382. The number of fused-ring (bicyclic) bond motifs is 1. The Kier molecular flexibility index (Phi) is 6.42. The molecule has 8 nitrogen and oxygen atoms in total. The van der Waals surface area contributed by atoms with Gasteiger partial charge in [0.25, 0.3) is 5.91 Å². The van der Waals surface area contributed by atoms with Crippen LogP contribution >= 0.6 is 0 Å². The maximum absolute atomic E-state index is 12.6. The third kappa shape index (κ3) is 5.23. The zero-order valence-corrected chi connectivity index (χ0v) is 19.5. The summed E-state index contributed by atoms with van der Waals surface area (Å²) >= 11 is 0. The molecule has 2 amide bonds. The number of aromatic nitrogens is 2. The summed E-state index contributed by atoms with van der Waals surface area (Å²) in [5.74, 6) is 0.261. The molecule has 1 saturated heterocycles. The molecular weight excluding hydrogens is 408 g/mol. The third-order valence-corrected chi connectivity index (χ3v) is 6.10. The van der Waals surface area contributed by atoms with E-state index in [-0.39, 0.29) is 12.0 Å². The summed E-state index contributed by atoms with van der Waals surface area (Å²) in [6, 6.07) is 3.73. The van der Waals surface area contributed by atoms with Gasteiger partial charge in [-0.15, -0.1) is 0 Å². The minimum Gasteiger partial charge on any atom is -0.444 e. The minimum atomic E-state index is -0.479. The summed E-state index contributed by atoms with van der Waals surface area (Å²) < 4.78 is 13.0. The van der Waals surface area contributed by atoms with Gasteiger partial charge in [-0.25, -0.2) is 4.79 Å². The molecule has 32 heavy (non-hydrogen) atoms. The lowest BCUT2D eigenvalue weighted by atomic mass is 9.96. The van der Waals surface area contributed by atoms with E-state index in [1.165, 1.54) is 6.42 Å². The average Bonchev–Trinajstić information content (AvgIpc) is 3.05. The van der Waals surface area contributed by atoms with Gasteiger partial charge in [-0.2, -0.15) is 5.10 Å². The molecule has 2 aromatic rings. The van der Waals surface area contributed by atoms with Crippen LogP contribution in [-0.4, -0.2) is 64.6 Å². The van der Waals surface area contributed by atoms with E-state index in [1.54, 1.807) is 4.90 Å². The molecular formula is C24H34N4O4. The minimum absolute atomic E-state index is 0.0821. The predicted octanol–water partition coefficient (Wildman–Crippen LogP) is 3.51. The maximum atomic E-state index is 12.6. The van der Waals surface area contributed by atoms with Crippen molar-refractivity contribution in [3.05, 3.63) is 29.5 Å². The highest BCUT2D eigenvalue weighted by molar-refractivity contribution is 6.00. The first-order valence-corrected chi connectivity index (χ1v) is 11.5. The van der Waals surface area contributed by atoms with E-state index < -0.39 is 5.60 Å². The van der Waals surface area contributed by atoms with Crippen LogP contribution in [0.15, 0.2) is 18.3 Å². The van der Waals surface area contributed by atoms with Crippen LogP contribution in [0.5, 0.6) is 0 Å². The van der Waals surface area contributed by atoms with Gasteiger partial charge in [0.1, 0.15) is 5.60 Å². The standard InChI is InChI=1S/C24H34N4O4/c1-16-19(22(29)25-10-11-31-18-6-5-7-18)8-9-21-20(16)15-28(26-21)14-17-12-27(13-17)23(30)32-24(2,3)4/h8-9,15,17-18H,5-7,10-14H2,1-4H3,(H,25,29). The van der Waals surface area contributed by atoms with Crippen LogP contribution in [0.4, 0.5) is 4.79 Å². The van der Waals surface area contributed by atoms with Crippen molar-refractivity contribution in [2.45, 2.75) is 65.2 Å². The van der Waals surface area contributed by atoms with E-state index >= 15 is 0 Å². The lowest BCUT2D eigenvalue weighted by Crippen LogP contribution is -2.52. The van der Waals surface area contributed by atoms with E-state index in [0.29, 0.717) is 43.8 Å².